The van der Waals surface area contributed by atoms with E-state index in [-0.39, 0.29) is 12.5 Å². The molecule has 4 heteroatoms. The molecule has 0 saturated carbocycles. The second kappa shape index (κ2) is 6.08. The third kappa shape index (κ3) is 4.18. The van der Waals surface area contributed by atoms with Crippen LogP contribution in [0.4, 0.5) is 0 Å². The standard InChI is InChI=1S/C11H22N2O2/c1-3-13-6-4-5-10(13)8-12-9(2)7-11(14)15/h9-10,12H,3-8H2,1-2H3,(H,14,15). The van der Waals surface area contributed by atoms with Crippen molar-refractivity contribution in [3.05, 3.63) is 0 Å². The van der Waals surface area contributed by atoms with Crippen LogP contribution >= 0.6 is 0 Å². The Balaban J connectivity index is 2.21. The van der Waals surface area contributed by atoms with Crippen LogP contribution in [0.2, 0.25) is 0 Å². The summed E-state index contributed by atoms with van der Waals surface area (Å²) in [6.45, 7) is 7.32. The van der Waals surface area contributed by atoms with Crippen LogP contribution in [-0.4, -0.2) is 47.7 Å². The Hall–Kier alpha value is -0.610. The van der Waals surface area contributed by atoms with Gasteiger partial charge in [-0.05, 0) is 32.9 Å². The monoisotopic (exact) mass is 214 g/mol. The minimum absolute atomic E-state index is 0.0711. The molecule has 0 aromatic heterocycles. The highest BCUT2D eigenvalue weighted by atomic mass is 16.4. The van der Waals surface area contributed by atoms with Gasteiger partial charge in [0.25, 0.3) is 0 Å². The van der Waals surface area contributed by atoms with Gasteiger partial charge in [0, 0.05) is 18.6 Å². The second-order valence-corrected chi connectivity index (χ2v) is 4.33. The summed E-state index contributed by atoms with van der Waals surface area (Å²) in [5.74, 6) is -0.728. The molecule has 1 rings (SSSR count). The summed E-state index contributed by atoms with van der Waals surface area (Å²) >= 11 is 0. The van der Waals surface area contributed by atoms with Crippen molar-refractivity contribution in [2.75, 3.05) is 19.6 Å². The molecule has 1 fully saturated rings. The van der Waals surface area contributed by atoms with Gasteiger partial charge in [-0.1, -0.05) is 6.92 Å². The summed E-state index contributed by atoms with van der Waals surface area (Å²) in [5.41, 5.74) is 0. The van der Waals surface area contributed by atoms with Crippen LogP contribution < -0.4 is 5.32 Å². The number of carboxylic acid groups (broad SMARTS) is 1. The third-order valence-electron chi connectivity index (χ3n) is 3.09. The van der Waals surface area contributed by atoms with Crippen molar-refractivity contribution in [2.24, 2.45) is 0 Å². The van der Waals surface area contributed by atoms with E-state index in [2.05, 4.69) is 17.1 Å². The average molecular weight is 214 g/mol. The first-order valence-electron chi connectivity index (χ1n) is 5.82. The Bertz CT molecular complexity index is 209. The van der Waals surface area contributed by atoms with Gasteiger partial charge in [-0.25, -0.2) is 0 Å². The summed E-state index contributed by atoms with van der Waals surface area (Å²) < 4.78 is 0. The van der Waals surface area contributed by atoms with Crippen molar-refractivity contribution in [3.8, 4) is 0 Å². The van der Waals surface area contributed by atoms with Crippen LogP contribution in [0, 0.1) is 0 Å². The van der Waals surface area contributed by atoms with E-state index in [4.69, 9.17) is 5.11 Å². The molecule has 0 aromatic rings. The minimum Gasteiger partial charge on any atom is -0.481 e. The lowest BCUT2D eigenvalue weighted by molar-refractivity contribution is -0.137. The number of carboxylic acids is 1. The number of nitrogens with zero attached hydrogens (tertiary/aromatic N) is 1. The molecule has 88 valence electrons. The predicted octanol–water partition coefficient (Wildman–Crippen LogP) is 0.923. The third-order valence-corrected chi connectivity index (χ3v) is 3.09. The smallest absolute Gasteiger partial charge is 0.304 e. The highest BCUT2D eigenvalue weighted by Gasteiger charge is 2.22. The van der Waals surface area contributed by atoms with Crippen LogP contribution in [0.3, 0.4) is 0 Å². The number of carbonyl (C=O) groups is 1. The van der Waals surface area contributed by atoms with Gasteiger partial charge in [0.2, 0.25) is 0 Å². The zero-order chi connectivity index (χ0) is 11.3. The van der Waals surface area contributed by atoms with Gasteiger partial charge in [0.15, 0.2) is 0 Å². The first kappa shape index (κ1) is 12.5. The van der Waals surface area contributed by atoms with Crippen molar-refractivity contribution in [1.29, 1.82) is 0 Å². The van der Waals surface area contributed by atoms with Crippen LogP contribution in [0.5, 0.6) is 0 Å². The lowest BCUT2D eigenvalue weighted by Gasteiger charge is -2.24. The number of likely N-dealkylation sites (tertiary alicyclic amines) is 1. The van der Waals surface area contributed by atoms with Crippen LogP contribution in [0.15, 0.2) is 0 Å². The fourth-order valence-electron chi connectivity index (χ4n) is 2.21. The van der Waals surface area contributed by atoms with E-state index in [0.29, 0.717) is 6.04 Å². The van der Waals surface area contributed by atoms with Crippen molar-refractivity contribution in [3.63, 3.8) is 0 Å². The van der Waals surface area contributed by atoms with E-state index in [9.17, 15) is 4.79 Å². The predicted molar refractivity (Wildman–Crippen MR) is 60.0 cm³/mol. The lowest BCUT2D eigenvalue weighted by Crippen LogP contribution is -2.41. The molecule has 1 saturated heterocycles. The first-order chi connectivity index (χ1) is 7.13. The van der Waals surface area contributed by atoms with Gasteiger partial charge in [-0.15, -0.1) is 0 Å². The fourth-order valence-corrected chi connectivity index (χ4v) is 2.21. The molecule has 1 heterocycles. The summed E-state index contributed by atoms with van der Waals surface area (Å²) in [6.07, 6.45) is 2.72. The van der Waals surface area contributed by atoms with Crippen LogP contribution in [0.1, 0.15) is 33.1 Å². The fraction of sp³-hybridized carbons (Fsp3) is 0.909. The van der Waals surface area contributed by atoms with Gasteiger partial charge in [0.05, 0.1) is 6.42 Å². The number of rotatable bonds is 6. The van der Waals surface area contributed by atoms with Crippen LogP contribution in [-0.2, 0) is 4.79 Å². The van der Waals surface area contributed by atoms with E-state index in [1.165, 1.54) is 19.4 Å². The molecule has 0 aromatic carbocycles. The van der Waals surface area contributed by atoms with Crippen molar-refractivity contribution >= 4 is 5.97 Å². The summed E-state index contributed by atoms with van der Waals surface area (Å²) in [6, 6.07) is 0.674. The molecule has 2 unspecified atom stereocenters. The zero-order valence-electron chi connectivity index (χ0n) is 9.70. The summed E-state index contributed by atoms with van der Waals surface area (Å²) in [5, 5.41) is 11.9. The van der Waals surface area contributed by atoms with Gasteiger partial charge in [-0.3, -0.25) is 9.69 Å². The molecule has 15 heavy (non-hydrogen) atoms. The maximum absolute atomic E-state index is 10.5. The second-order valence-electron chi connectivity index (χ2n) is 4.33. The molecule has 2 N–H and O–H groups in total. The Morgan fingerprint density at radius 1 is 1.67 bits per heavy atom. The SMILES string of the molecule is CCN1CCCC1CNC(C)CC(=O)O. The van der Waals surface area contributed by atoms with E-state index < -0.39 is 5.97 Å². The van der Waals surface area contributed by atoms with Crippen molar-refractivity contribution < 1.29 is 9.90 Å². The maximum Gasteiger partial charge on any atom is 0.304 e. The molecule has 4 nitrogen and oxygen atoms in total. The topological polar surface area (TPSA) is 52.6 Å². The van der Waals surface area contributed by atoms with E-state index in [1.807, 2.05) is 6.92 Å². The van der Waals surface area contributed by atoms with E-state index in [1.54, 1.807) is 0 Å². The number of hydrogen-bond donors (Lipinski definition) is 2. The molecular weight excluding hydrogens is 192 g/mol. The molecular formula is C11H22N2O2. The number of hydrogen-bond acceptors (Lipinski definition) is 3. The van der Waals surface area contributed by atoms with Crippen molar-refractivity contribution in [1.82, 2.24) is 10.2 Å². The van der Waals surface area contributed by atoms with Gasteiger partial charge in [0.1, 0.15) is 0 Å². The summed E-state index contributed by atoms with van der Waals surface area (Å²) in [4.78, 5) is 12.9. The van der Waals surface area contributed by atoms with Gasteiger partial charge >= 0.3 is 5.97 Å². The molecule has 0 aliphatic carbocycles. The van der Waals surface area contributed by atoms with E-state index >= 15 is 0 Å². The Kier molecular flexibility index (Phi) is 5.05. The normalized spacial score (nSPS) is 24.3. The Labute approximate surface area is 91.6 Å². The largest absolute Gasteiger partial charge is 0.481 e. The molecule has 2 atom stereocenters. The molecule has 0 spiro atoms. The maximum atomic E-state index is 10.5. The van der Waals surface area contributed by atoms with Gasteiger partial charge < -0.3 is 10.4 Å². The molecule has 1 aliphatic heterocycles. The summed E-state index contributed by atoms with van der Waals surface area (Å²) in [7, 11) is 0. The lowest BCUT2D eigenvalue weighted by atomic mass is 10.2. The molecule has 0 radical (unpaired) electrons. The zero-order valence-corrected chi connectivity index (χ0v) is 9.70. The number of nitrogens with one attached hydrogen (secondary N) is 1. The first-order valence-corrected chi connectivity index (χ1v) is 5.82. The Morgan fingerprint density at radius 2 is 2.40 bits per heavy atom. The molecule has 0 bridgehead atoms. The van der Waals surface area contributed by atoms with Crippen molar-refractivity contribution in [2.45, 2.75) is 45.2 Å². The quantitative estimate of drug-likeness (QED) is 0.690. The molecule has 1 aliphatic rings. The minimum atomic E-state index is -0.728. The number of likely N-dealkylation sites (N-methyl/N-ethyl adjacent to an activating group) is 1. The highest BCUT2D eigenvalue weighted by Crippen LogP contribution is 2.15. The van der Waals surface area contributed by atoms with Gasteiger partial charge in [-0.2, -0.15) is 0 Å². The number of aliphatic carboxylic acids is 1. The average Bonchev–Trinajstić information content (AvgIpc) is 2.60. The highest BCUT2D eigenvalue weighted by molar-refractivity contribution is 5.67. The Morgan fingerprint density at radius 3 is 3.00 bits per heavy atom. The van der Waals surface area contributed by atoms with E-state index in [0.717, 1.165) is 13.1 Å². The van der Waals surface area contributed by atoms with Crippen LogP contribution in [0.25, 0.3) is 0 Å². The molecule has 0 amide bonds.